The standard InChI is InChI=1S/C18H23N3O2/c1-3-4-9-16(15-8-7-11-19-13-15)20(2)18(23)14-21-12-6-5-10-17(21)22/h5-8,10-13,16H,3-4,9,14H2,1-2H3/t16-/m1/s1. The van der Waals surface area contributed by atoms with E-state index in [1.54, 1.807) is 42.7 Å². The molecule has 0 aliphatic carbocycles. The second-order valence-electron chi connectivity index (χ2n) is 5.62. The first kappa shape index (κ1) is 16.9. The van der Waals surface area contributed by atoms with Crippen molar-refractivity contribution in [3.8, 4) is 0 Å². The Balaban J connectivity index is 2.16. The molecule has 0 saturated carbocycles. The molecule has 1 atom stereocenters. The Bertz CT molecular complexity index is 682. The maximum absolute atomic E-state index is 12.6. The minimum Gasteiger partial charge on any atom is -0.337 e. The lowest BCUT2D eigenvalue weighted by Gasteiger charge is -2.28. The first-order valence-electron chi connectivity index (χ1n) is 7.94. The number of unbranched alkanes of at least 4 members (excludes halogenated alkanes) is 1. The minimum absolute atomic E-state index is 0.0180. The summed E-state index contributed by atoms with van der Waals surface area (Å²) in [5.41, 5.74) is 0.859. The summed E-state index contributed by atoms with van der Waals surface area (Å²) in [7, 11) is 1.80. The van der Waals surface area contributed by atoms with Crippen LogP contribution in [0.3, 0.4) is 0 Å². The Morgan fingerprint density at radius 1 is 1.30 bits per heavy atom. The fourth-order valence-electron chi connectivity index (χ4n) is 2.58. The summed E-state index contributed by atoms with van der Waals surface area (Å²) in [5, 5.41) is 0. The number of nitrogens with zero attached hydrogens (tertiary/aromatic N) is 3. The van der Waals surface area contributed by atoms with Crippen molar-refractivity contribution in [1.82, 2.24) is 14.5 Å². The second kappa shape index (κ2) is 8.27. The molecule has 0 aliphatic rings. The molecule has 2 rings (SSSR count). The van der Waals surface area contributed by atoms with Crippen LogP contribution in [0.4, 0.5) is 0 Å². The monoisotopic (exact) mass is 313 g/mol. The first-order chi connectivity index (χ1) is 11.1. The maximum Gasteiger partial charge on any atom is 0.250 e. The van der Waals surface area contributed by atoms with E-state index >= 15 is 0 Å². The molecule has 2 aromatic heterocycles. The molecule has 5 nitrogen and oxygen atoms in total. The molecule has 1 amide bonds. The Morgan fingerprint density at radius 2 is 2.13 bits per heavy atom. The van der Waals surface area contributed by atoms with Gasteiger partial charge in [0.1, 0.15) is 6.54 Å². The molecule has 5 heteroatoms. The number of amides is 1. The summed E-state index contributed by atoms with van der Waals surface area (Å²) in [6.45, 7) is 2.19. The summed E-state index contributed by atoms with van der Waals surface area (Å²) < 4.78 is 1.43. The highest BCUT2D eigenvalue weighted by molar-refractivity contribution is 5.76. The molecule has 0 radical (unpaired) electrons. The summed E-state index contributed by atoms with van der Waals surface area (Å²) >= 11 is 0. The van der Waals surface area contributed by atoms with Crippen molar-refractivity contribution < 1.29 is 4.79 Å². The largest absolute Gasteiger partial charge is 0.337 e. The van der Waals surface area contributed by atoms with Gasteiger partial charge in [-0.2, -0.15) is 0 Å². The van der Waals surface area contributed by atoms with Gasteiger partial charge in [0.2, 0.25) is 5.91 Å². The van der Waals surface area contributed by atoms with Crippen molar-refractivity contribution in [2.24, 2.45) is 0 Å². The zero-order chi connectivity index (χ0) is 16.7. The molecule has 0 spiro atoms. The van der Waals surface area contributed by atoms with E-state index in [4.69, 9.17) is 0 Å². The third kappa shape index (κ3) is 4.52. The van der Waals surface area contributed by atoms with Crippen LogP contribution in [0.25, 0.3) is 0 Å². The highest BCUT2D eigenvalue weighted by Gasteiger charge is 2.21. The van der Waals surface area contributed by atoms with Crippen molar-refractivity contribution in [3.63, 3.8) is 0 Å². The summed E-state index contributed by atoms with van der Waals surface area (Å²) in [6, 6.07) is 8.75. The van der Waals surface area contributed by atoms with Gasteiger partial charge in [-0.25, -0.2) is 0 Å². The molecule has 0 unspecified atom stereocenters. The summed E-state index contributed by atoms with van der Waals surface area (Å²) in [5.74, 6) is -0.0803. The van der Waals surface area contributed by atoms with Gasteiger partial charge in [-0.15, -0.1) is 0 Å². The summed E-state index contributed by atoms with van der Waals surface area (Å²) in [6.07, 6.45) is 8.15. The number of carbonyl (C=O) groups is 1. The molecule has 2 aromatic rings. The van der Waals surface area contributed by atoms with Crippen LogP contribution in [0.2, 0.25) is 0 Å². The molecular formula is C18H23N3O2. The SMILES string of the molecule is CCCC[C@H](c1cccnc1)N(C)C(=O)Cn1ccccc1=O. The zero-order valence-electron chi connectivity index (χ0n) is 13.7. The molecular weight excluding hydrogens is 290 g/mol. The molecule has 0 fully saturated rings. The molecule has 23 heavy (non-hydrogen) atoms. The third-order valence-corrected chi connectivity index (χ3v) is 3.97. The average Bonchev–Trinajstić information content (AvgIpc) is 2.58. The zero-order valence-corrected chi connectivity index (χ0v) is 13.7. The molecule has 2 heterocycles. The van der Waals surface area contributed by atoms with E-state index in [0.29, 0.717) is 0 Å². The van der Waals surface area contributed by atoms with E-state index in [1.807, 2.05) is 12.1 Å². The molecule has 122 valence electrons. The van der Waals surface area contributed by atoms with Gasteiger partial charge < -0.3 is 9.47 Å². The average molecular weight is 313 g/mol. The van der Waals surface area contributed by atoms with Gasteiger partial charge in [-0.1, -0.05) is 31.9 Å². The van der Waals surface area contributed by atoms with Gasteiger partial charge in [-0.3, -0.25) is 14.6 Å². The lowest BCUT2D eigenvalue weighted by atomic mass is 10.0. The van der Waals surface area contributed by atoms with Crippen LogP contribution < -0.4 is 5.56 Å². The van der Waals surface area contributed by atoms with Crippen LogP contribution in [-0.4, -0.2) is 27.4 Å². The number of likely N-dealkylation sites (N-methyl/N-ethyl adjacent to an activating group) is 1. The van der Waals surface area contributed by atoms with Crippen molar-refractivity contribution in [3.05, 3.63) is 64.8 Å². The molecule has 0 aromatic carbocycles. The van der Waals surface area contributed by atoms with E-state index in [2.05, 4.69) is 11.9 Å². The number of aromatic nitrogens is 2. The maximum atomic E-state index is 12.6. The summed E-state index contributed by atoms with van der Waals surface area (Å²) in [4.78, 5) is 30.2. The molecule has 0 N–H and O–H groups in total. The smallest absolute Gasteiger partial charge is 0.250 e. The van der Waals surface area contributed by atoms with Crippen molar-refractivity contribution >= 4 is 5.91 Å². The van der Waals surface area contributed by atoms with Crippen LogP contribution in [0.1, 0.15) is 37.8 Å². The van der Waals surface area contributed by atoms with Gasteiger partial charge >= 0.3 is 0 Å². The Labute approximate surface area is 136 Å². The number of carbonyl (C=O) groups excluding carboxylic acids is 1. The van der Waals surface area contributed by atoms with Gasteiger partial charge in [0.15, 0.2) is 0 Å². The minimum atomic E-state index is -0.166. The Hall–Kier alpha value is -2.43. The quantitative estimate of drug-likeness (QED) is 0.789. The lowest BCUT2D eigenvalue weighted by Crippen LogP contribution is -2.36. The first-order valence-corrected chi connectivity index (χ1v) is 7.94. The highest BCUT2D eigenvalue weighted by atomic mass is 16.2. The van der Waals surface area contributed by atoms with Crippen LogP contribution in [0.5, 0.6) is 0 Å². The fraction of sp³-hybridized carbons (Fsp3) is 0.389. The van der Waals surface area contributed by atoms with Crippen molar-refractivity contribution in [2.45, 2.75) is 38.8 Å². The molecule has 0 bridgehead atoms. The normalized spacial score (nSPS) is 11.9. The van der Waals surface area contributed by atoms with Gasteiger partial charge in [0.05, 0.1) is 6.04 Å². The van der Waals surface area contributed by atoms with E-state index in [1.165, 1.54) is 10.6 Å². The van der Waals surface area contributed by atoms with Crippen LogP contribution >= 0.6 is 0 Å². The predicted octanol–water partition coefficient (Wildman–Crippen LogP) is 2.63. The lowest BCUT2D eigenvalue weighted by molar-refractivity contribution is -0.133. The third-order valence-electron chi connectivity index (χ3n) is 3.97. The number of rotatable bonds is 7. The van der Waals surface area contributed by atoms with Gasteiger partial charge in [-0.05, 0) is 24.1 Å². The molecule has 0 aliphatic heterocycles. The topological polar surface area (TPSA) is 55.2 Å². The van der Waals surface area contributed by atoms with E-state index in [9.17, 15) is 9.59 Å². The predicted molar refractivity (Wildman–Crippen MR) is 90.0 cm³/mol. The van der Waals surface area contributed by atoms with E-state index < -0.39 is 0 Å². The van der Waals surface area contributed by atoms with Crippen LogP contribution in [0, 0.1) is 0 Å². The van der Waals surface area contributed by atoms with E-state index in [-0.39, 0.29) is 24.1 Å². The van der Waals surface area contributed by atoms with E-state index in [0.717, 1.165) is 24.8 Å². The highest BCUT2D eigenvalue weighted by Crippen LogP contribution is 2.24. The van der Waals surface area contributed by atoms with Crippen molar-refractivity contribution in [2.75, 3.05) is 7.05 Å². The van der Waals surface area contributed by atoms with Gasteiger partial charge in [0.25, 0.3) is 5.56 Å². The Kier molecular flexibility index (Phi) is 6.09. The van der Waals surface area contributed by atoms with Crippen LogP contribution in [0.15, 0.2) is 53.7 Å². The number of hydrogen-bond acceptors (Lipinski definition) is 3. The fourth-order valence-corrected chi connectivity index (χ4v) is 2.58. The number of pyridine rings is 2. The van der Waals surface area contributed by atoms with Gasteiger partial charge in [0, 0.05) is 31.7 Å². The number of hydrogen-bond donors (Lipinski definition) is 0. The van der Waals surface area contributed by atoms with Crippen molar-refractivity contribution in [1.29, 1.82) is 0 Å². The van der Waals surface area contributed by atoms with Crippen LogP contribution in [-0.2, 0) is 11.3 Å². The Morgan fingerprint density at radius 3 is 2.78 bits per heavy atom. The second-order valence-corrected chi connectivity index (χ2v) is 5.62. The molecule has 0 saturated heterocycles.